The highest BCUT2D eigenvalue weighted by Gasteiger charge is 2.14. The summed E-state index contributed by atoms with van der Waals surface area (Å²) < 4.78 is 34.2. The van der Waals surface area contributed by atoms with Crippen LogP contribution in [0.15, 0.2) is 42.5 Å². The van der Waals surface area contributed by atoms with E-state index in [9.17, 15) is 13.6 Å². The fourth-order valence-corrected chi connectivity index (χ4v) is 1.93. The van der Waals surface area contributed by atoms with Crippen LogP contribution in [0.4, 0.5) is 8.78 Å². The average Bonchev–Trinajstić information content (AvgIpc) is 2.46. The standard InChI is InChI=1S/C15H12F2O4/c1-20-13-5-3-2-4-12(13)9-6-10(14(18)19)8-11(7-9)21-15(16)17/h2-8,15H,1H3,(H,18,19). The van der Waals surface area contributed by atoms with Crippen LogP contribution in [0.3, 0.4) is 0 Å². The number of alkyl halides is 2. The molecule has 2 rings (SSSR count). The van der Waals surface area contributed by atoms with E-state index in [4.69, 9.17) is 9.84 Å². The van der Waals surface area contributed by atoms with Crippen molar-refractivity contribution >= 4 is 5.97 Å². The van der Waals surface area contributed by atoms with Crippen molar-refractivity contribution in [3.05, 3.63) is 48.0 Å². The van der Waals surface area contributed by atoms with Crippen LogP contribution in [0.5, 0.6) is 11.5 Å². The largest absolute Gasteiger partial charge is 0.496 e. The Labute approximate surface area is 119 Å². The summed E-state index contributed by atoms with van der Waals surface area (Å²) in [5.74, 6) is -0.945. The van der Waals surface area contributed by atoms with E-state index in [2.05, 4.69) is 4.74 Å². The van der Waals surface area contributed by atoms with Gasteiger partial charge in [-0.3, -0.25) is 0 Å². The number of hydrogen-bond donors (Lipinski definition) is 1. The topological polar surface area (TPSA) is 55.8 Å². The number of benzene rings is 2. The molecule has 0 aliphatic carbocycles. The van der Waals surface area contributed by atoms with Gasteiger partial charge in [-0.05, 0) is 29.8 Å². The lowest BCUT2D eigenvalue weighted by atomic mass is 10.0. The molecule has 0 spiro atoms. The molecule has 0 radical (unpaired) electrons. The van der Waals surface area contributed by atoms with Crippen molar-refractivity contribution in [1.29, 1.82) is 0 Å². The zero-order valence-electron chi connectivity index (χ0n) is 11.0. The van der Waals surface area contributed by atoms with Crippen LogP contribution in [0, 0.1) is 0 Å². The molecule has 0 bridgehead atoms. The maximum Gasteiger partial charge on any atom is 0.387 e. The monoisotopic (exact) mass is 294 g/mol. The molecule has 0 aliphatic rings. The molecule has 6 heteroatoms. The molecular formula is C15H12F2O4. The number of hydrogen-bond acceptors (Lipinski definition) is 3. The minimum Gasteiger partial charge on any atom is -0.496 e. The Morgan fingerprint density at radius 1 is 1.19 bits per heavy atom. The molecular weight excluding hydrogens is 282 g/mol. The zero-order chi connectivity index (χ0) is 15.4. The minimum absolute atomic E-state index is 0.144. The third-order valence-electron chi connectivity index (χ3n) is 2.80. The van der Waals surface area contributed by atoms with Gasteiger partial charge in [-0.25, -0.2) is 4.79 Å². The first-order valence-corrected chi connectivity index (χ1v) is 5.98. The molecule has 0 unspecified atom stereocenters. The van der Waals surface area contributed by atoms with E-state index in [1.165, 1.54) is 19.2 Å². The fraction of sp³-hybridized carbons (Fsp3) is 0.133. The summed E-state index contributed by atoms with van der Waals surface area (Å²) in [4.78, 5) is 11.1. The summed E-state index contributed by atoms with van der Waals surface area (Å²) >= 11 is 0. The van der Waals surface area contributed by atoms with Gasteiger partial charge in [-0.15, -0.1) is 0 Å². The third-order valence-corrected chi connectivity index (χ3v) is 2.80. The molecule has 0 heterocycles. The van der Waals surface area contributed by atoms with Gasteiger partial charge in [0.2, 0.25) is 0 Å². The van der Waals surface area contributed by atoms with E-state index in [1.54, 1.807) is 24.3 Å². The van der Waals surface area contributed by atoms with Gasteiger partial charge in [0, 0.05) is 5.56 Å². The Morgan fingerprint density at radius 3 is 2.52 bits per heavy atom. The molecule has 0 fully saturated rings. The van der Waals surface area contributed by atoms with Crippen LogP contribution >= 0.6 is 0 Å². The summed E-state index contributed by atoms with van der Waals surface area (Å²) in [7, 11) is 1.47. The Hall–Kier alpha value is -2.63. The lowest BCUT2D eigenvalue weighted by molar-refractivity contribution is -0.0498. The number of aromatic carboxylic acids is 1. The van der Waals surface area contributed by atoms with Crippen LogP contribution in [0.2, 0.25) is 0 Å². The van der Waals surface area contributed by atoms with Crippen LogP contribution < -0.4 is 9.47 Å². The van der Waals surface area contributed by atoms with Gasteiger partial charge < -0.3 is 14.6 Å². The zero-order valence-corrected chi connectivity index (χ0v) is 11.0. The van der Waals surface area contributed by atoms with Crippen molar-refractivity contribution < 1.29 is 28.2 Å². The first kappa shape index (κ1) is 14.8. The van der Waals surface area contributed by atoms with Crippen molar-refractivity contribution in [2.75, 3.05) is 7.11 Å². The molecule has 0 atom stereocenters. The van der Waals surface area contributed by atoms with Gasteiger partial charge in [-0.1, -0.05) is 18.2 Å². The number of carboxylic acid groups (broad SMARTS) is 1. The number of carbonyl (C=O) groups is 1. The highest BCUT2D eigenvalue weighted by molar-refractivity contribution is 5.90. The van der Waals surface area contributed by atoms with Gasteiger partial charge >= 0.3 is 12.6 Å². The van der Waals surface area contributed by atoms with Gasteiger partial charge in [0.1, 0.15) is 11.5 Å². The Kier molecular flexibility index (Phi) is 4.37. The second-order valence-corrected chi connectivity index (χ2v) is 4.13. The van der Waals surface area contributed by atoms with Crippen LogP contribution in [-0.4, -0.2) is 24.8 Å². The van der Waals surface area contributed by atoms with Gasteiger partial charge in [0.05, 0.1) is 12.7 Å². The van der Waals surface area contributed by atoms with Crippen molar-refractivity contribution in [2.45, 2.75) is 6.61 Å². The lowest BCUT2D eigenvalue weighted by Gasteiger charge is -2.11. The normalized spacial score (nSPS) is 10.5. The van der Waals surface area contributed by atoms with E-state index < -0.39 is 12.6 Å². The molecule has 0 saturated heterocycles. The molecule has 0 aliphatic heterocycles. The molecule has 2 aromatic carbocycles. The van der Waals surface area contributed by atoms with Gasteiger partial charge in [0.25, 0.3) is 0 Å². The fourth-order valence-electron chi connectivity index (χ4n) is 1.93. The van der Waals surface area contributed by atoms with E-state index >= 15 is 0 Å². The second kappa shape index (κ2) is 6.21. The molecule has 1 N–H and O–H groups in total. The molecule has 0 amide bonds. The Balaban J connectivity index is 2.56. The maximum atomic E-state index is 12.3. The van der Waals surface area contributed by atoms with E-state index in [1.807, 2.05) is 0 Å². The predicted octanol–water partition coefficient (Wildman–Crippen LogP) is 3.66. The highest BCUT2D eigenvalue weighted by Crippen LogP contribution is 2.33. The first-order chi connectivity index (χ1) is 10.0. The molecule has 0 aromatic heterocycles. The first-order valence-electron chi connectivity index (χ1n) is 5.98. The number of para-hydroxylation sites is 1. The predicted molar refractivity (Wildman–Crippen MR) is 72.0 cm³/mol. The molecule has 110 valence electrons. The summed E-state index contributed by atoms with van der Waals surface area (Å²) in [5, 5.41) is 9.07. The summed E-state index contributed by atoms with van der Waals surface area (Å²) in [6, 6.07) is 10.6. The summed E-state index contributed by atoms with van der Waals surface area (Å²) in [5.41, 5.74) is 0.860. The molecule has 21 heavy (non-hydrogen) atoms. The molecule has 0 saturated carbocycles. The Bertz CT molecular complexity index is 656. The van der Waals surface area contributed by atoms with Gasteiger partial charge in [-0.2, -0.15) is 8.78 Å². The van der Waals surface area contributed by atoms with Crippen molar-refractivity contribution in [3.63, 3.8) is 0 Å². The van der Waals surface area contributed by atoms with Crippen molar-refractivity contribution in [3.8, 4) is 22.6 Å². The van der Waals surface area contributed by atoms with E-state index in [0.29, 0.717) is 16.9 Å². The van der Waals surface area contributed by atoms with E-state index in [0.717, 1.165) is 6.07 Å². The minimum atomic E-state index is -3.03. The number of methoxy groups -OCH3 is 1. The number of halogens is 2. The highest BCUT2D eigenvalue weighted by atomic mass is 19.3. The second-order valence-electron chi connectivity index (χ2n) is 4.13. The number of rotatable bonds is 5. The van der Waals surface area contributed by atoms with Crippen molar-refractivity contribution in [2.24, 2.45) is 0 Å². The molecule has 4 nitrogen and oxygen atoms in total. The van der Waals surface area contributed by atoms with Crippen LogP contribution in [0.1, 0.15) is 10.4 Å². The molecule has 2 aromatic rings. The lowest BCUT2D eigenvalue weighted by Crippen LogP contribution is -2.04. The quantitative estimate of drug-likeness (QED) is 0.914. The smallest absolute Gasteiger partial charge is 0.387 e. The van der Waals surface area contributed by atoms with Crippen molar-refractivity contribution in [1.82, 2.24) is 0 Å². The summed E-state index contributed by atoms with van der Waals surface area (Å²) in [6.07, 6.45) is 0. The third kappa shape index (κ3) is 3.47. The maximum absolute atomic E-state index is 12.3. The summed E-state index contributed by atoms with van der Waals surface area (Å²) in [6.45, 7) is -3.03. The van der Waals surface area contributed by atoms with Gasteiger partial charge in [0.15, 0.2) is 0 Å². The average molecular weight is 294 g/mol. The Morgan fingerprint density at radius 2 is 1.90 bits per heavy atom. The SMILES string of the molecule is COc1ccccc1-c1cc(OC(F)F)cc(C(=O)O)c1. The number of carboxylic acids is 1. The van der Waals surface area contributed by atoms with E-state index in [-0.39, 0.29) is 11.3 Å². The van der Waals surface area contributed by atoms with Crippen LogP contribution in [-0.2, 0) is 0 Å². The number of ether oxygens (including phenoxy) is 2. The van der Waals surface area contributed by atoms with Crippen LogP contribution in [0.25, 0.3) is 11.1 Å².